The van der Waals surface area contributed by atoms with Crippen molar-refractivity contribution >= 4 is 21.6 Å². The number of hydrogen-bond donors (Lipinski definition) is 0. The molecule has 0 N–H and O–H groups in total. The standard InChI is InChI=1S/C21H26F3N3O3S/c1-19(2)13-5-6-20(19,17(28)7-13)12-31(29,30)27-11-15-8-16(27)10-26(15)18-4-3-14(9-25-18)21(22,23)24/h3-4,9,13,15-16H,5-8,10-12H2,1-2H3/t13-,15+,16+,20-/m1/s1. The van der Waals surface area contributed by atoms with Crippen LogP contribution in [0.15, 0.2) is 18.3 Å². The zero-order valence-electron chi connectivity index (χ0n) is 17.5. The van der Waals surface area contributed by atoms with E-state index in [1.807, 2.05) is 18.7 Å². The average Bonchev–Trinajstić information content (AvgIpc) is 3.39. The van der Waals surface area contributed by atoms with Crippen molar-refractivity contribution in [2.75, 3.05) is 23.7 Å². The van der Waals surface area contributed by atoms with Crippen LogP contribution in [0.1, 0.15) is 45.1 Å². The van der Waals surface area contributed by atoms with Crippen LogP contribution in [0, 0.1) is 16.7 Å². The normalized spacial score (nSPS) is 34.8. The minimum absolute atomic E-state index is 0.0808. The van der Waals surface area contributed by atoms with Gasteiger partial charge in [-0.15, -0.1) is 0 Å². The number of carbonyl (C=O) groups excluding carboxylic acids is 1. The highest BCUT2D eigenvalue weighted by atomic mass is 32.2. The molecule has 2 aliphatic heterocycles. The highest BCUT2D eigenvalue weighted by Gasteiger charge is 2.66. The summed E-state index contributed by atoms with van der Waals surface area (Å²) in [5.41, 5.74) is -1.92. The molecule has 3 heterocycles. The number of ketones is 1. The van der Waals surface area contributed by atoms with Gasteiger partial charge in [-0.05, 0) is 42.7 Å². The molecule has 1 aromatic rings. The number of Topliss-reactive ketones (excluding diaryl/α,β-unsaturated/α-hetero) is 1. The molecule has 0 radical (unpaired) electrons. The van der Waals surface area contributed by atoms with Crippen molar-refractivity contribution in [2.45, 2.75) is 57.8 Å². The zero-order chi connectivity index (χ0) is 22.4. The number of aromatic nitrogens is 1. The lowest BCUT2D eigenvalue weighted by molar-refractivity contribution is -0.137. The fraction of sp³-hybridized carbons (Fsp3) is 0.714. The largest absolute Gasteiger partial charge is 0.417 e. The molecule has 10 heteroatoms. The summed E-state index contributed by atoms with van der Waals surface area (Å²) in [5, 5.41) is 0. The molecule has 2 saturated heterocycles. The molecular formula is C21H26F3N3O3S. The second-order valence-corrected chi connectivity index (χ2v) is 12.0. The molecule has 4 bridgehead atoms. The van der Waals surface area contributed by atoms with Crippen LogP contribution >= 0.6 is 0 Å². The van der Waals surface area contributed by atoms with Crippen molar-refractivity contribution < 1.29 is 26.4 Å². The van der Waals surface area contributed by atoms with E-state index < -0.39 is 27.2 Å². The van der Waals surface area contributed by atoms with E-state index in [-0.39, 0.29) is 41.5 Å². The summed E-state index contributed by atoms with van der Waals surface area (Å²) in [5.74, 6) is 0.634. The van der Waals surface area contributed by atoms with Gasteiger partial charge in [0.25, 0.3) is 0 Å². The molecule has 4 fully saturated rings. The molecule has 1 aromatic heterocycles. The summed E-state index contributed by atoms with van der Waals surface area (Å²) in [6, 6.07) is 1.99. The third-order valence-corrected chi connectivity index (χ3v) is 10.5. The molecule has 0 unspecified atom stereocenters. The smallest absolute Gasteiger partial charge is 0.351 e. The highest BCUT2D eigenvalue weighted by molar-refractivity contribution is 7.89. The molecule has 31 heavy (non-hydrogen) atoms. The molecule has 0 aromatic carbocycles. The van der Waals surface area contributed by atoms with Crippen molar-refractivity contribution in [3.8, 4) is 0 Å². The molecule has 4 aliphatic rings. The number of alkyl halides is 3. The number of nitrogens with zero attached hydrogens (tertiary/aromatic N) is 3. The summed E-state index contributed by atoms with van der Waals surface area (Å²) in [4.78, 5) is 18.6. The van der Waals surface area contributed by atoms with Crippen LogP contribution in [0.4, 0.5) is 19.0 Å². The van der Waals surface area contributed by atoms with Gasteiger partial charge in [0.1, 0.15) is 11.6 Å². The molecule has 170 valence electrons. The van der Waals surface area contributed by atoms with E-state index >= 15 is 0 Å². The van der Waals surface area contributed by atoms with Gasteiger partial charge in [-0.1, -0.05) is 13.8 Å². The summed E-state index contributed by atoms with van der Waals surface area (Å²) in [6.07, 6.45) is -0.999. The number of rotatable bonds is 4. The van der Waals surface area contributed by atoms with E-state index in [0.29, 0.717) is 31.6 Å². The number of fused-ring (bicyclic) bond motifs is 4. The lowest BCUT2D eigenvalue weighted by Gasteiger charge is -2.39. The van der Waals surface area contributed by atoms with E-state index in [0.717, 1.165) is 18.7 Å². The predicted octanol–water partition coefficient (Wildman–Crippen LogP) is 3.09. The first kappa shape index (κ1) is 21.2. The SMILES string of the molecule is CC1(C)[C@@H]2CC[C@@]1(CS(=O)(=O)N1C[C@@H]3C[C@H]1CN3c1ccc(C(F)(F)F)cn1)C(=O)C2. The van der Waals surface area contributed by atoms with Crippen molar-refractivity contribution in [1.29, 1.82) is 0 Å². The molecule has 4 atom stereocenters. The second-order valence-electron chi connectivity index (χ2n) is 10.1. The first-order valence-corrected chi connectivity index (χ1v) is 12.3. The van der Waals surface area contributed by atoms with Gasteiger partial charge in [0.15, 0.2) is 0 Å². The van der Waals surface area contributed by atoms with Gasteiger partial charge in [-0.2, -0.15) is 17.5 Å². The molecular weight excluding hydrogens is 431 g/mol. The van der Waals surface area contributed by atoms with Crippen molar-refractivity contribution in [2.24, 2.45) is 16.7 Å². The Kier molecular flexibility index (Phi) is 4.40. The quantitative estimate of drug-likeness (QED) is 0.695. The van der Waals surface area contributed by atoms with Gasteiger partial charge in [0, 0.05) is 43.2 Å². The van der Waals surface area contributed by atoms with Crippen LogP contribution < -0.4 is 4.90 Å². The van der Waals surface area contributed by atoms with Crippen LogP contribution in [0.3, 0.4) is 0 Å². The van der Waals surface area contributed by atoms with E-state index in [1.165, 1.54) is 10.4 Å². The van der Waals surface area contributed by atoms with Crippen molar-refractivity contribution in [3.05, 3.63) is 23.9 Å². The van der Waals surface area contributed by atoms with Crippen LogP contribution in [-0.2, 0) is 21.0 Å². The van der Waals surface area contributed by atoms with Gasteiger partial charge in [-0.3, -0.25) is 4.79 Å². The van der Waals surface area contributed by atoms with Gasteiger partial charge >= 0.3 is 6.18 Å². The molecule has 5 rings (SSSR count). The summed E-state index contributed by atoms with van der Waals surface area (Å²) < 4.78 is 66.7. The second kappa shape index (κ2) is 6.43. The Bertz CT molecular complexity index is 1020. The van der Waals surface area contributed by atoms with Gasteiger partial charge in [-0.25, -0.2) is 13.4 Å². The summed E-state index contributed by atoms with van der Waals surface area (Å²) in [7, 11) is -3.64. The number of carbonyl (C=O) groups is 1. The maximum absolute atomic E-state index is 13.4. The Morgan fingerprint density at radius 1 is 1.19 bits per heavy atom. The lowest BCUT2D eigenvalue weighted by atomic mass is 9.70. The average molecular weight is 458 g/mol. The molecule has 6 nitrogen and oxygen atoms in total. The minimum atomic E-state index is -4.44. The Morgan fingerprint density at radius 3 is 2.42 bits per heavy atom. The number of sulfonamides is 1. The van der Waals surface area contributed by atoms with E-state index in [4.69, 9.17) is 0 Å². The number of pyridine rings is 1. The highest BCUT2D eigenvalue weighted by Crippen LogP contribution is 2.64. The maximum Gasteiger partial charge on any atom is 0.417 e. The Balaban J connectivity index is 1.32. The third-order valence-electron chi connectivity index (χ3n) is 8.49. The fourth-order valence-electron chi connectivity index (χ4n) is 6.48. The summed E-state index contributed by atoms with van der Waals surface area (Å²) >= 11 is 0. The Morgan fingerprint density at radius 2 is 1.94 bits per heavy atom. The van der Waals surface area contributed by atoms with Crippen LogP contribution in [0.5, 0.6) is 0 Å². The third kappa shape index (κ3) is 2.97. The van der Waals surface area contributed by atoms with Crippen LogP contribution in [0.2, 0.25) is 0 Å². The first-order chi connectivity index (χ1) is 14.3. The number of halogens is 3. The van der Waals surface area contributed by atoms with Gasteiger partial charge in [0.2, 0.25) is 10.0 Å². The summed E-state index contributed by atoms with van der Waals surface area (Å²) in [6.45, 7) is 4.73. The number of anilines is 1. The minimum Gasteiger partial charge on any atom is -0.351 e. The van der Waals surface area contributed by atoms with Crippen molar-refractivity contribution in [3.63, 3.8) is 0 Å². The van der Waals surface area contributed by atoms with Crippen LogP contribution in [-0.4, -0.2) is 54.4 Å². The molecule has 0 spiro atoms. The molecule has 0 amide bonds. The zero-order valence-corrected chi connectivity index (χ0v) is 18.3. The predicted molar refractivity (Wildman–Crippen MR) is 108 cm³/mol. The van der Waals surface area contributed by atoms with Gasteiger partial charge < -0.3 is 4.90 Å². The maximum atomic E-state index is 13.4. The Hall–Kier alpha value is -1.68. The fourth-order valence-corrected chi connectivity index (χ4v) is 8.95. The monoisotopic (exact) mass is 457 g/mol. The van der Waals surface area contributed by atoms with Gasteiger partial charge in [0.05, 0.1) is 11.3 Å². The van der Waals surface area contributed by atoms with Crippen LogP contribution in [0.25, 0.3) is 0 Å². The number of piperazine rings is 1. The molecule has 2 saturated carbocycles. The van der Waals surface area contributed by atoms with Crippen molar-refractivity contribution in [1.82, 2.24) is 9.29 Å². The first-order valence-electron chi connectivity index (χ1n) is 10.7. The number of hydrogen-bond acceptors (Lipinski definition) is 5. The van der Waals surface area contributed by atoms with E-state index in [2.05, 4.69) is 4.98 Å². The topological polar surface area (TPSA) is 70.6 Å². The Labute approximate surface area is 179 Å². The van der Waals surface area contributed by atoms with E-state index in [1.54, 1.807) is 0 Å². The lowest BCUT2D eigenvalue weighted by Crippen LogP contribution is -2.53. The van der Waals surface area contributed by atoms with E-state index in [9.17, 15) is 26.4 Å². The molecule has 2 aliphatic carbocycles.